The lowest BCUT2D eigenvalue weighted by atomic mass is 10.1. The number of furan rings is 1. The van der Waals surface area contributed by atoms with Gasteiger partial charge in [0.25, 0.3) is 0 Å². The Kier molecular flexibility index (Phi) is 2.61. The van der Waals surface area contributed by atoms with Crippen molar-refractivity contribution in [3.05, 3.63) is 52.2 Å². The molecule has 3 aromatic rings. The Hall–Kier alpha value is -1.78. The van der Waals surface area contributed by atoms with Crippen molar-refractivity contribution in [3.8, 4) is 0 Å². The van der Waals surface area contributed by atoms with Crippen LogP contribution in [-0.4, -0.2) is 15.8 Å². The molecule has 18 heavy (non-hydrogen) atoms. The first kappa shape index (κ1) is 11.3. The van der Waals surface area contributed by atoms with Gasteiger partial charge in [0, 0.05) is 17.8 Å². The highest BCUT2D eigenvalue weighted by Gasteiger charge is 2.19. The summed E-state index contributed by atoms with van der Waals surface area (Å²) in [5, 5.41) is 1.21. The minimum atomic E-state index is -0.289. The van der Waals surface area contributed by atoms with Crippen molar-refractivity contribution in [2.24, 2.45) is 0 Å². The predicted octanol–water partition coefficient (Wildman–Crippen LogP) is 3.69. The molecule has 0 aliphatic carbocycles. The molecule has 0 saturated heterocycles. The van der Waals surface area contributed by atoms with Crippen LogP contribution in [0.1, 0.15) is 16.1 Å². The zero-order chi connectivity index (χ0) is 12.7. The van der Waals surface area contributed by atoms with E-state index in [4.69, 9.17) is 27.6 Å². The number of H-pyrrole nitrogens is 1. The molecule has 0 amide bonds. The Morgan fingerprint density at radius 1 is 1.28 bits per heavy atom. The fourth-order valence-corrected chi connectivity index (χ4v) is 2.16. The van der Waals surface area contributed by atoms with Crippen LogP contribution in [0.2, 0.25) is 10.2 Å². The average Bonchev–Trinajstić information content (AvgIpc) is 2.95. The summed E-state index contributed by atoms with van der Waals surface area (Å²) in [7, 11) is 0. The van der Waals surface area contributed by atoms with Crippen LogP contribution >= 0.6 is 23.2 Å². The van der Waals surface area contributed by atoms with E-state index in [1.165, 1.54) is 12.1 Å². The van der Waals surface area contributed by atoms with E-state index < -0.39 is 0 Å². The van der Waals surface area contributed by atoms with Crippen LogP contribution in [-0.2, 0) is 0 Å². The fraction of sp³-hybridized carbons (Fsp3) is 0. The molecule has 0 aromatic carbocycles. The molecular formula is C12H6Cl2N2O2. The van der Waals surface area contributed by atoms with E-state index in [0.717, 1.165) is 0 Å². The van der Waals surface area contributed by atoms with E-state index in [9.17, 15) is 4.79 Å². The zero-order valence-electron chi connectivity index (χ0n) is 8.91. The maximum Gasteiger partial charge on any atom is 0.230 e. The van der Waals surface area contributed by atoms with E-state index in [1.54, 1.807) is 18.5 Å². The lowest BCUT2D eigenvalue weighted by molar-refractivity contribution is 0.101. The first-order valence-corrected chi connectivity index (χ1v) is 5.84. The number of rotatable bonds is 2. The molecule has 3 rings (SSSR count). The van der Waals surface area contributed by atoms with Gasteiger partial charge in [0.2, 0.25) is 5.78 Å². The second-order valence-corrected chi connectivity index (χ2v) is 4.43. The van der Waals surface area contributed by atoms with Gasteiger partial charge >= 0.3 is 0 Å². The minimum Gasteiger partial charge on any atom is -0.441 e. The smallest absolute Gasteiger partial charge is 0.230 e. The van der Waals surface area contributed by atoms with Gasteiger partial charge in [-0.1, -0.05) is 11.6 Å². The maximum absolute atomic E-state index is 12.2. The first-order valence-electron chi connectivity index (χ1n) is 5.08. The van der Waals surface area contributed by atoms with Crippen molar-refractivity contribution in [1.29, 1.82) is 0 Å². The molecule has 0 atom stereocenters. The van der Waals surface area contributed by atoms with Crippen molar-refractivity contribution >= 4 is 40.0 Å². The number of nitrogens with zero attached hydrogens (tertiary/aromatic N) is 1. The van der Waals surface area contributed by atoms with Crippen molar-refractivity contribution in [2.75, 3.05) is 0 Å². The summed E-state index contributed by atoms with van der Waals surface area (Å²) in [4.78, 5) is 19.2. The normalized spacial score (nSPS) is 11.0. The van der Waals surface area contributed by atoms with Crippen LogP contribution in [0.15, 0.2) is 35.0 Å². The summed E-state index contributed by atoms with van der Waals surface area (Å²) in [6.07, 6.45) is 3.13. The predicted molar refractivity (Wildman–Crippen MR) is 68.3 cm³/mol. The second-order valence-electron chi connectivity index (χ2n) is 3.65. The number of ketones is 1. The third-order valence-corrected chi connectivity index (χ3v) is 3.08. The van der Waals surface area contributed by atoms with Crippen molar-refractivity contribution in [1.82, 2.24) is 9.97 Å². The quantitative estimate of drug-likeness (QED) is 0.729. The van der Waals surface area contributed by atoms with Crippen LogP contribution in [0, 0.1) is 0 Å². The van der Waals surface area contributed by atoms with Crippen molar-refractivity contribution in [2.45, 2.75) is 0 Å². The largest absolute Gasteiger partial charge is 0.441 e. The fourth-order valence-electron chi connectivity index (χ4n) is 1.76. The Morgan fingerprint density at radius 2 is 2.11 bits per heavy atom. The number of hydrogen-bond donors (Lipinski definition) is 1. The van der Waals surface area contributed by atoms with Gasteiger partial charge in [-0.05, 0) is 29.8 Å². The number of nitrogens with one attached hydrogen (secondary N) is 1. The average molecular weight is 281 g/mol. The van der Waals surface area contributed by atoms with Gasteiger partial charge in [-0.15, -0.1) is 0 Å². The molecule has 0 spiro atoms. The maximum atomic E-state index is 12.2. The number of pyridine rings is 1. The molecule has 4 nitrogen and oxygen atoms in total. The second kappa shape index (κ2) is 4.15. The highest BCUT2D eigenvalue weighted by Crippen LogP contribution is 2.27. The van der Waals surface area contributed by atoms with E-state index in [2.05, 4.69) is 9.97 Å². The van der Waals surface area contributed by atoms with Gasteiger partial charge in [-0.3, -0.25) is 4.79 Å². The van der Waals surface area contributed by atoms with Crippen LogP contribution in [0.25, 0.3) is 11.0 Å². The van der Waals surface area contributed by atoms with Gasteiger partial charge in [0.1, 0.15) is 5.65 Å². The van der Waals surface area contributed by atoms with Crippen LogP contribution < -0.4 is 0 Å². The summed E-state index contributed by atoms with van der Waals surface area (Å²) in [6.45, 7) is 0. The molecule has 0 aliphatic heterocycles. The summed E-state index contributed by atoms with van der Waals surface area (Å²) in [6, 6.07) is 4.67. The molecule has 3 aromatic heterocycles. The van der Waals surface area contributed by atoms with E-state index in [1.807, 2.05) is 0 Å². The van der Waals surface area contributed by atoms with Crippen LogP contribution in [0.4, 0.5) is 0 Å². The molecule has 6 heteroatoms. The first-order chi connectivity index (χ1) is 8.66. The third kappa shape index (κ3) is 1.70. The van der Waals surface area contributed by atoms with Gasteiger partial charge < -0.3 is 9.40 Å². The van der Waals surface area contributed by atoms with Gasteiger partial charge in [-0.25, -0.2) is 4.98 Å². The third-order valence-electron chi connectivity index (χ3n) is 2.56. The zero-order valence-corrected chi connectivity index (χ0v) is 10.4. The van der Waals surface area contributed by atoms with Gasteiger partial charge in [0.05, 0.1) is 10.6 Å². The van der Waals surface area contributed by atoms with Crippen molar-refractivity contribution in [3.63, 3.8) is 0 Å². The molecule has 0 bridgehead atoms. The summed E-state index contributed by atoms with van der Waals surface area (Å²) in [5.41, 5.74) is 0.970. The number of carbonyl (C=O) groups is 1. The summed E-state index contributed by atoms with van der Waals surface area (Å²) < 4.78 is 5.10. The Morgan fingerprint density at radius 3 is 2.83 bits per heavy atom. The number of aromatic amines is 1. The molecule has 0 aliphatic rings. The van der Waals surface area contributed by atoms with E-state index in [-0.39, 0.29) is 16.8 Å². The SMILES string of the molecule is O=C(c1ccc(Cl)o1)c1c[nH]c2nccc(Cl)c12. The monoisotopic (exact) mass is 280 g/mol. The highest BCUT2D eigenvalue weighted by atomic mass is 35.5. The van der Waals surface area contributed by atoms with Crippen LogP contribution in [0.5, 0.6) is 0 Å². The van der Waals surface area contributed by atoms with Gasteiger partial charge in [0.15, 0.2) is 11.0 Å². The molecule has 1 N–H and O–H groups in total. The Bertz CT molecular complexity index is 745. The topological polar surface area (TPSA) is 58.9 Å². The molecule has 90 valence electrons. The Balaban J connectivity index is 2.18. The number of halogens is 2. The molecule has 3 heterocycles. The van der Waals surface area contributed by atoms with Gasteiger partial charge in [-0.2, -0.15) is 0 Å². The number of carbonyl (C=O) groups excluding carboxylic acids is 1. The number of fused-ring (bicyclic) bond motifs is 1. The standard InChI is InChI=1S/C12H6Cl2N2O2/c13-7-3-4-15-12-10(7)6(5-16-12)11(17)8-1-2-9(14)18-8/h1-5H,(H,15,16). The van der Waals surface area contributed by atoms with Crippen molar-refractivity contribution < 1.29 is 9.21 Å². The Labute approximate surface area is 112 Å². The minimum absolute atomic E-state index is 0.167. The lowest BCUT2D eigenvalue weighted by Crippen LogP contribution is -1.98. The lowest BCUT2D eigenvalue weighted by Gasteiger charge is -1.97. The van der Waals surface area contributed by atoms with E-state index >= 15 is 0 Å². The molecule has 0 radical (unpaired) electrons. The molecular weight excluding hydrogens is 275 g/mol. The highest BCUT2D eigenvalue weighted by molar-refractivity contribution is 6.37. The molecule has 0 saturated carbocycles. The summed E-state index contributed by atoms with van der Waals surface area (Å²) in [5.74, 6) is -0.121. The molecule has 0 unspecified atom stereocenters. The van der Waals surface area contributed by atoms with Crippen LogP contribution in [0.3, 0.4) is 0 Å². The number of hydrogen-bond acceptors (Lipinski definition) is 3. The molecule has 0 fully saturated rings. The van der Waals surface area contributed by atoms with E-state index in [0.29, 0.717) is 21.6 Å². The number of aromatic nitrogens is 2. The summed E-state index contributed by atoms with van der Waals surface area (Å²) >= 11 is 11.7.